The van der Waals surface area contributed by atoms with Crippen LogP contribution >= 0.6 is 11.6 Å². The molecule has 0 radical (unpaired) electrons. The van der Waals surface area contributed by atoms with Crippen LogP contribution in [0.3, 0.4) is 0 Å². The molecule has 0 amide bonds. The highest BCUT2D eigenvalue weighted by Gasteiger charge is 2.33. The van der Waals surface area contributed by atoms with Crippen LogP contribution in [-0.4, -0.2) is 10.2 Å². The maximum atomic E-state index is 12.7. The van der Waals surface area contributed by atoms with E-state index in [9.17, 15) is 13.2 Å². The number of benzene rings is 1. The Labute approximate surface area is 105 Å². The minimum atomic E-state index is -4.46. The van der Waals surface area contributed by atoms with E-state index in [1.54, 1.807) is 0 Å². The van der Waals surface area contributed by atoms with Gasteiger partial charge >= 0.3 is 12.2 Å². The summed E-state index contributed by atoms with van der Waals surface area (Å²) in [6, 6.07) is 4.86. The molecule has 1 heterocycles. The molecule has 0 aliphatic heterocycles. The summed E-state index contributed by atoms with van der Waals surface area (Å²) < 4.78 is 43.1. The van der Waals surface area contributed by atoms with E-state index in [1.807, 2.05) is 0 Å². The average Bonchev–Trinajstić information content (AvgIpc) is 2.76. The van der Waals surface area contributed by atoms with Crippen LogP contribution in [0.25, 0.3) is 0 Å². The lowest BCUT2D eigenvalue weighted by Crippen LogP contribution is -2.08. The average molecular weight is 278 g/mol. The first kappa shape index (κ1) is 12.7. The van der Waals surface area contributed by atoms with Crippen LogP contribution in [0.2, 0.25) is 0 Å². The number of hydrogen-bond acceptors (Lipinski definition) is 4. The van der Waals surface area contributed by atoms with Gasteiger partial charge in [-0.3, -0.25) is 0 Å². The Morgan fingerprint density at radius 1 is 1.22 bits per heavy atom. The van der Waals surface area contributed by atoms with Crippen molar-refractivity contribution >= 4 is 23.3 Å². The van der Waals surface area contributed by atoms with Crippen LogP contribution in [0.4, 0.5) is 24.9 Å². The fourth-order valence-corrected chi connectivity index (χ4v) is 1.42. The third-order valence-corrected chi connectivity index (χ3v) is 2.28. The van der Waals surface area contributed by atoms with E-state index in [-0.39, 0.29) is 23.5 Å². The number of hydrogen-bond donors (Lipinski definition) is 1. The molecule has 0 atom stereocenters. The van der Waals surface area contributed by atoms with Gasteiger partial charge < -0.3 is 9.73 Å². The molecule has 96 valence electrons. The Balaban J connectivity index is 2.29. The van der Waals surface area contributed by atoms with E-state index < -0.39 is 11.7 Å². The van der Waals surface area contributed by atoms with Gasteiger partial charge in [-0.25, -0.2) is 0 Å². The van der Waals surface area contributed by atoms with Crippen LogP contribution in [0.1, 0.15) is 11.5 Å². The topological polar surface area (TPSA) is 51.0 Å². The van der Waals surface area contributed by atoms with Crippen molar-refractivity contribution in [2.45, 2.75) is 12.1 Å². The number of rotatable bonds is 3. The third-order valence-electron chi connectivity index (χ3n) is 2.06. The van der Waals surface area contributed by atoms with Gasteiger partial charge in [0.15, 0.2) is 0 Å². The highest BCUT2D eigenvalue weighted by Crippen LogP contribution is 2.35. The van der Waals surface area contributed by atoms with Crippen molar-refractivity contribution in [1.29, 1.82) is 0 Å². The highest BCUT2D eigenvalue weighted by atomic mass is 35.5. The van der Waals surface area contributed by atoms with Crippen molar-refractivity contribution < 1.29 is 17.6 Å². The monoisotopic (exact) mass is 277 g/mol. The second-order valence-electron chi connectivity index (χ2n) is 3.30. The lowest BCUT2D eigenvalue weighted by Gasteiger charge is -2.11. The molecule has 0 fully saturated rings. The number of para-hydroxylation sites is 1. The van der Waals surface area contributed by atoms with E-state index in [1.165, 1.54) is 18.2 Å². The first-order chi connectivity index (χ1) is 8.50. The van der Waals surface area contributed by atoms with E-state index in [0.29, 0.717) is 0 Å². The molecule has 1 aromatic carbocycles. The zero-order chi connectivity index (χ0) is 13.2. The first-order valence-electron chi connectivity index (χ1n) is 4.82. The van der Waals surface area contributed by atoms with Crippen LogP contribution in [0, 0.1) is 0 Å². The quantitative estimate of drug-likeness (QED) is 0.872. The zero-order valence-corrected chi connectivity index (χ0v) is 9.59. The zero-order valence-electron chi connectivity index (χ0n) is 8.83. The van der Waals surface area contributed by atoms with E-state index in [4.69, 9.17) is 16.0 Å². The summed E-state index contributed by atoms with van der Waals surface area (Å²) in [5, 5.41) is 9.47. The van der Waals surface area contributed by atoms with Gasteiger partial charge in [0.25, 0.3) is 0 Å². The van der Waals surface area contributed by atoms with Crippen LogP contribution in [0.5, 0.6) is 0 Å². The molecule has 8 heteroatoms. The van der Waals surface area contributed by atoms with E-state index in [2.05, 4.69) is 15.5 Å². The number of anilines is 2. The van der Waals surface area contributed by atoms with Crippen molar-refractivity contribution in [3.05, 3.63) is 35.7 Å². The molecule has 1 aromatic heterocycles. The minimum absolute atomic E-state index is 0.00437. The fourth-order valence-electron chi connectivity index (χ4n) is 1.31. The molecule has 18 heavy (non-hydrogen) atoms. The maximum absolute atomic E-state index is 12.7. The van der Waals surface area contributed by atoms with Gasteiger partial charge in [0.2, 0.25) is 5.89 Å². The van der Waals surface area contributed by atoms with Crippen LogP contribution in [0.15, 0.2) is 28.7 Å². The van der Waals surface area contributed by atoms with Crippen molar-refractivity contribution in [3.63, 3.8) is 0 Å². The summed E-state index contributed by atoms with van der Waals surface area (Å²) in [4.78, 5) is 0. The normalized spacial score (nSPS) is 11.6. The van der Waals surface area contributed by atoms with Gasteiger partial charge in [0.1, 0.15) is 5.88 Å². The summed E-state index contributed by atoms with van der Waals surface area (Å²) in [7, 11) is 0. The van der Waals surface area contributed by atoms with E-state index >= 15 is 0 Å². The Morgan fingerprint density at radius 2 is 1.94 bits per heavy atom. The second kappa shape index (κ2) is 4.85. The van der Waals surface area contributed by atoms with Gasteiger partial charge in [-0.2, -0.15) is 13.2 Å². The van der Waals surface area contributed by atoms with Gasteiger partial charge in [-0.1, -0.05) is 17.2 Å². The number of nitrogens with one attached hydrogen (secondary N) is 1. The Morgan fingerprint density at radius 3 is 2.56 bits per heavy atom. The van der Waals surface area contributed by atoms with Crippen molar-refractivity contribution in [2.75, 3.05) is 5.32 Å². The molecule has 0 unspecified atom stereocenters. The van der Waals surface area contributed by atoms with Gasteiger partial charge in [-0.15, -0.1) is 16.7 Å². The van der Waals surface area contributed by atoms with Crippen LogP contribution in [-0.2, 0) is 12.1 Å². The van der Waals surface area contributed by atoms with Gasteiger partial charge in [-0.05, 0) is 12.1 Å². The molecule has 2 aromatic rings. The molecule has 0 saturated carbocycles. The summed E-state index contributed by atoms with van der Waals surface area (Å²) >= 11 is 5.44. The van der Waals surface area contributed by atoms with E-state index in [0.717, 1.165) is 6.07 Å². The molecule has 1 N–H and O–H groups in total. The molecule has 0 saturated heterocycles. The summed E-state index contributed by atoms with van der Waals surface area (Å²) in [6.07, 6.45) is -4.46. The van der Waals surface area contributed by atoms with Crippen molar-refractivity contribution in [2.24, 2.45) is 0 Å². The van der Waals surface area contributed by atoms with Gasteiger partial charge in [0.05, 0.1) is 11.3 Å². The fraction of sp³-hybridized carbons (Fsp3) is 0.200. The Kier molecular flexibility index (Phi) is 3.42. The third kappa shape index (κ3) is 2.73. The summed E-state index contributed by atoms with van der Waals surface area (Å²) in [6.45, 7) is 0. The number of nitrogens with zero attached hydrogens (tertiary/aromatic N) is 2. The maximum Gasteiger partial charge on any atom is 0.418 e. The predicted octanol–water partition coefficient (Wildman–Crippen LogP) is 3.57. The Bertz CT molecular complexity index is 541. The number of aromatic nitrogens is 2. The van der Waals surface area contributed by atoms with Crippen molar-refractivity contribution in [3.8, 4) is 0 Å². The molecule has 0 aliphatic rings. The number of alkyl halides is 4. The molecule has 0 aliphatic carbocycles. The largest absolute Gasteiger partial charge is 0.418 e. The molecule has 2 rings (SSSR count). The molecule has 4 nitrogen and oxygen atoms in total. The first-order valence-corrected chi connectivity index (χ1v) is 5.36. The lowest BCUT2D eigenvalue weighted by molar-refractivity contribution is -0.136. The van der Waals surface area contributed by atoms with Crippen molar-refractivity contribution in [1.82, 2.24) is 10.2 Å². The highest BCUT2D eigenvalue weighted by molar-refractivity contribution is 6.16. The predicted molar refractivity (Wildman–Crippen MR) is 58.6 cm³/mol. The SMILES string of the molecule is FC(F)(F)c1ccccc1Nc1nnc(CCl)o1. The smallest absolute Gasteiger partial charge is 0.407 e. The Hall–Kier alpha value is -1.76. The molecule has 0 bridgehead atoms. The second-order valence-corrected chi connectivity index (χ2v) is 3.57. The molecule has 0 spiro atoms. The lowest BCUT2D eigenvalue weighted by atomic mass is 10.2. The number of halogens is 4. The summed E-state index contributed by atoms with van der Waals surface area (Å²) in [5.41, 5.74) is -0.967. The molecular formula is C10H7ClF3N3O. The summed E-state index contributed by atoms with van der Waals surface area (Å²) in [5.74, 6) is 0.124. The van der Waals surface area contributed by atoms with Gasteiger partial charge in [0, 0.05) is 0 Å². The standard InChI is InChI=1S/C10H7ClF3N3O/c11-5-8-16-17-9(18-8)15-7-4-2-1-3-6(7)10(12,13)14/h1-4H,5H2,(H,15,17). The minimum Gasteiger partial charge on any atom is -0.407 e. The van der Waals surface area contributed by atoms with Crippen LogP contribution < -0.4 is 5.32 Å². The molecular weight excluding hydrogens is 271 g/mol.